The molecule has 0 amide bonds. The number of benzene rings is 1. The normalized spacial score (nSPS) is 12.3. The fraction of sp³-hybridized carbons (Fsp3) is 0.444. The maximum Gasteiger partial charge on any atom is 0.124 e. The second-order valence-corrected chi connectivity index (χ2v) is 5.01. The van der Waals surface area contributed by atoms with Gasteiger partial charge in [0.05, 0.1) is 18.9 Å². The first kappa shape index (κ1) is 15.6. The summed E-state index contributed by atoms with van der Waals surface area (Å²) in [6, 6.07) is 10.4. The molecule has 114 valence electrons. The van der Waals surface area contributed by atoms with Gasteiger partial charge in [-0.15, -0.1) is 0 Å². The van der Waals surface area contributed by atoms with Crippen molar-refractivity contribution in [2.75, 3.05) is 13.2 Å². The van der Waals surface area contributed by atoms with Crippen LogP contribution in [0.3, 0.4) is 0 Å². The number of nitrogens with one attached hydrogen (secondary N) is 1. The van der Waals surface area contributed by atoms with Crippen LogP contribution in [0.15, 0.2) is 41.0 Å². The number of rotatable bonds is 8. The van der Waals surface area contributed by atoms with Crippen molar-refractivity contribution < 1.29 is 9.15 Å². The first-order valence-electron chi connectivity index (χ1n) is 7.83. The molecule has 1 aromatic carbocycles. The van der Waals surface area contributed by atoms with Gasteiger partial charge >= 0.3 is 0 Å². The summed E-state index contributed by atoms with van der Waals surface area (Å²) in [5.41, 5.74) is 2.38. The molecule has 1 heterocycles. The van der Waals surface area contributed by atoms with Crippen molar-refractivity contribution in [3.63, 3.8) is 0 Å². The highest BCUT2D eigenvalue weighted by Crippen LogP contribution is 2.32. The SMILES string of the molecule is CCCNC(c1ccccc1OCC)c1ccoc1CC. The zero-order chi connectivity index (χ0) is 15.1. The second-order valence-electron chi connectivity index (χ2n) is 5.01. The minimum absolute atomic E-state index is 0.112. The Morgan fingerprint density at radius 2 is 1.90 bits per heavy atom. The number of para-hydroxylation sites is 1. The monoisotopic (exact) mass is 287 g/mol. The number of aryl methyl sites for hydroxylation is 1. The third-order valence-corrected chi connectivity index (χ3v) is 3.54. The van der Waals surface area contributed by atoms with Crippen molar-refractivity contribution in [1.82, 2.24) is 5.32 Å². The van der Waals surface area contributed by atoms with Crippen molar-refractivity contribution in [3.05, 3.63) is 53.5 Å². The molecule has 0 saturated heterocycles. The molecule has 2 aromatic rings. The van der Waals surface area contributed by atoms with Crippen LogP contribution in [-0.4, -0.2) is 13.2 Å². The molecule has 2 rings (SSSR count). The quantitative estimate of drug-likeness (QED) is 0.784. The van der Waals surface area contributed by atoms with Crippen LogP contribution in [0.5, 0.6) is 5.75 Å². The smallest absolute Gasteiger partial charge is 0.124 e. The lowest BCUT2D eigenvalue weighted by molar-refractivity contribution is 0.333. The van der Waals surface area contributed by atoms with Gasteiger partial charge in [0.25, 0.3) is 0 Å². The van der Waals surface area contributed by atoms with Gasteiger partial charge in [-0.25, -0.2) is 0 Å². The van der Waals surface area contributed by atoms with E-state index in [2.05, 4.69) is 37.4 Å². The Morgan fingerprint density at radius 1 is 1.10 bits per heavy atom. The molecule has 0 bridgehead atoms. The molecule has 1 unspecified atom stereocenters. The molecule has 0 saturated carbocycles. The number of hydrogen-bond donors (Lipinski definition) is 1. The van der Waals surface area contributed by atoms with E-state index in [-0.39, 0.29) is 6.04 Å². The van der Waals surface area contributed by atoms with Gasteiger partial charge < -0.3 is 14.5 Å². The average Bonchev–Trinajstić information content (AvgIpc) is 2.98. The highest BCUT2D eigenvalue weighted by Gasteiger charge is 2.21. The molecule has 3 nitrogen and oxygen atoms in total. The van der Waals surface area contributed by atoms with E-state index in [1.54, 1.807) is 6.26 Å². The van der Waals surface area contributed by atoms with Gasteiger partial charge in [-0.3, -0.25) is 0 Å². The molecular formula is C18H25NO2. The molecule has 1 atom stereocenters. The van der Waals surface area contributed by atoms with Gasteiger partial charge in [0.15, 0.2) is 0 Å². The van der Waals surface area contributed by atoms with Crippen molar-refractivity contribution >= 4 is 0 Å². The summed E-state index contributed by atoms with van der Waals surface area (Å²) in [4.78, 5) is 0. The molecule has 0 radical (unpaired) electrons. The predicted octanol–water partition coefficient (Wildman–Crippen LogP) is 4.33. The molecule has 0 aliphatic rings. The van der Waals surface area contributed by atoms with Crippen molar-refractivity contribution in [1.29, 1.82) is 0 Å². The minimum atomic E-state index is 0.112. The fourth-order valence-corrected chi connectivity index (χ4v) is 2.58. The summed E-state index contributed by atoms with van der Waals surface area (Å²) in [6.45, 7) is 7.94. The maximum absolute atomic E-state index is 5.80. The van der Waals surface area contributed by atoms with E-state index in [0.29, 0.717) is 6.61 Å². The number of hydrogen-bond acceptors (Lipinski definition) is 3. The summed E-state index contributed by atoms with van der Waals surface area (Å²) >= 11 is 0. The summed E-state index contributed by atoms with van der Waals surface area (Å²) in [7, 11) is 0. The van der Waals surface area contributed by atoms with E-state index in [4.69, 9.17) is 9.15 Å². The highest BCUT2D eigenvalue weighted by molar-refractivity contribution is 5.42. The first-order chi connectivity index (χ1) is 10.3. The van der Waals surface area contributed by atoms with Gasteiger partial charge in [0.2, 0.25) is 0 Å². The van der Waals surface area contributed by atoms with Crippen LogP contribution in [0.4, 0.5) is 0 Å². The van der Waals surface area contributed by atoms with Crippen LogP contribution in [-0.2, 0) is 6.42 Å². The third kappa shape index (κ3) is 3.67. The molecule has 0 spiro atoms. The lowest BCUT2D eigenvalue weighted by atomic mass is 9.97. The maximum atomic E-state index is 5.80. The van der Waals surface area contributed by atoms with Gasteiger partial charge in [0.1, 0.15) is 11.5 Å². The van der Waals surface area contributed by atoms with Crippen molar-refractivity contribution in [2.45, 2.75) is 39.7 Å². The molecule has 3 heteroatoms. The number of ether oxygens (including phenoxy) is 1. The Bertz CT molecular complexity index is 548. The van der Waals surface area contributed by atoms with E-state index < -0.39 is 0 Å². The molecule has 1 N–H and O–H groups in total. The van der Waals surface area contributed by atoms with Crippen LogP contribution in [0.1, 0.15) is 50.1 Å². The third-order valence-electron chi connectivity index (χ3n) is 3.54. The van der Waals surface area contributed by atoms with Gasteiger partial charge in [-0.1, -0.05) is 32.0 Å². The highest BCUT2D eigenvalue weighted by atomic mass is 16.5. The van der Waals surface area contributed by atoms with Crippen LogP contribution in [0, 0.1) is 0 Å². The summed E-state index contributed by atoms with van der Waals surface area (Å²) in [6.07, 6.45) is 3.76. The Hall–Kier alpha value is -1.74. The van der Waals surface area contributed by atoms with Gasteiger partial charge in [-0.05, 0) is 32.0 Å². The predicted molar refractivity (Wildman–Crippen MR) is 85.8 cm³/mol. The topological polar surface area (TPSA) is 34.4 Å². The summed E-state index contributed by atoms with van der Waals surface area (Å²) in [5, 5.41) is 3.62. The van der Waals surface area contributed by atoms with Crippen LogP contribution in [0.2, 0.25) is 0 Å². The fourth-order valence-electron chi connectivity index (χ4n) is 2.58. The van der Waals surface area contributed by atoms with E-state index in [0.717, 1.165) is 30.9 Å². The van der Waals surface area contributed by atoms with E-state index >= 15 is 0 Å². The van der Waals surface area contributed by atoms with Gasteiger partial charge in [-0.2, -0.15) is 0 Å². The lowest BCUT2D eigenvalue weighted by Crippen LogP contribution is -2.24. The second kappa shape index (κ2) is 7.89. The molecular weight excluding hydrogens is 262 g/mol. The van der Waals surface area contributed by atoms with Crippen molar-refractivity contribution in [3.8, 4) is 5.75 Å². The Labute approximate surface area is 127 Å². The average molecular weight is 287 g/mol. The summed E-state index contributed by atoms with van der Waals surface area (Å²) < 4.78 is 11.4. The largest absolute Gasteiger partial charge is 0.494 e. The Kier molecular flexibility index (Phi) is 5.88. The van der Waals surface area contributed by atoms with E-state index in [1.807, 2.05) is 19.1 Å². The number of furan rings is 1. The lowest BCUT2D eigenvalue weighted by Gasteiger charge is -2.22. The minimum Gasteiger partial charge on any atom is -0.494 e. The summed E-state index contributed by atoms with van der Waals surface area (Å²) in [5.74, 6) is 1.98. The Balaban J connectivity index is 2.40. The van der Waals surface area contributed by atoms with Crippen LogP contribution >= 0.6 is 0 Å². The molecule has 0 aliphatic carbocycles. The van der Waals surface area contributed by atoms with Crippen LogP contribution < -0.4 is 10.1 Å². The molecule has 1 aromatic heterocycles. The van der Waals surface area contributed by atoms with Gasteiger partial charge in [0, 0.05) is 17.5 Å². The molecule has 0 aliphatic heterocycles. The molecule has 21 heavy (non-hydrogen) atoms. The van der Waals surface area contributed by atoms with Crippen molar-refractivity contribution in [2.24, 2.45) is 0 Å². The first-order valence-corrected chi connectivity index (χ1v) is 7.83. The Morgan fingerprint density at radius 3 is 2.62 bits per heavy atom. The standard InChI is InChI=1S/C18H25NO2/c1-4-12-19-18(15-11-13-21-16(15)5-2)14-9-7-8-10-17(14)20-6-3/h7-11,13,18-19H,4-6,12H2,1-3H3. The zero-order valence-electron chi connectivity index (χ0n) is 13.2. The molecule has 0 fully saturated rings. The zero-order valence-corrected chi connectivity index (χ0v) is 13.2. The van der Waals surface area contributed by atoms with E-state index in [9.17, 15) is 0 Å². The van der Waals surface area contributed by atoms with E-state index in [1.165, 1.54) is 11.1 Å². The van der Waals surface area contributed by atoms with Crippen LogP contribution in [0.25, 0.3) is 0 Å².